The highest BCUT2D eigenvalue weighted by Crippen LogP contribution is 1.87. The van der Waals surface area contributed by atoms with Crippen LogP contribution >= 0.6 is 0 Å². The predicted molar refractivity (Wildman–Crippen MR) is 40.8 cm³/mol. The van der Waals surface area contributed by atoms with E-state index in [0.717, 1.165) is 0 Å². The van der Waals surface area contributed by atoms with Crippen molar-refractivity contribution in [2.75, 3.05) is 20.3 Å². The molecule has 64 valence electrons. The SMILES string of the molecule is CCOC(=O)/C=C(\N)COC. The Kier molecular flexibility index (Phi) is 5.20. The number of esters is 1. The molecule has 11 heavy (non-hydrogen) atoms. The summed E-state index contributed by atoms with van der Waals surface area (Å²) in [4.78, 5) is 10.7. The molecule has 4 heteroatoms. The molecule has 2 N–H and O–H groups in total. The third-order valence-electron chi connectivity index (χ3n) is 0.901. The minimum absolute atomic E-state index is 0.249. The zero-order valence-electron chi connectivity index (χ0n) is 6.79. The molecule has 0 radical (unpaired) electrons. The molecule has 0 amide bonds. The Morgan fingerprint density at radius 3 is 2.73 bits per heavy atom. The lowest BCUT2D eigenvalue weighted by atomic mass is 10.4. The van der Waals surface area contributed by atoms with Crippen molar-refractivity contribution >= 4 is 5.97 Å². The van der Waals surface area contributed by atoms with Gasteiger partial charge >= 0.3 is 5.97 Å². The zero-order chi connectivity index (χ0) is 8.69. The topological polar surface area (TPSA) is 61.5 Å². The van der Waals surface area contributed by atoms with Crippen molar-refractivity contribution in [1.29, 1.82) is 0 Å². The summed E-state index contributed by atoms with van der Waals surface area (Å²) in [6, 6.07) is 0. The van der Waals surface area contributed by atoms with Gasteiger partial charge in [-0.3, -0.25) is 0 Å². The fraction of sp³-hybridized carbons (Fsp3) is 0.571. The van der Waals surface area contributed by atoms with Crippen molar-refractivity contribution in [3.8, 4) is 0 Å². The average Bonchev–Trinajstić information content (AvgIpc) is 1.87. The average molecular weight is 159 g/mol. The van der Waals surface area contributed by atoms with Gasteiger partial charge in [0, 0.05) is 18.9 Å². The van der Waals surface area contributed by atoms with E-state index in [2.05, 4.69) is 9.47 Å². The second kappa shape index (κ2) is 5.73. The van der Waals surface area contributed by atoms with E-state index in [1.54, 1.807) is 6.92 Å². The van der Waals surface area contributed by atoms with Crippen LogP contribution in [0, 0.1) is 0 Å². The van der Waals surface area contributed by atoms with E-state index in [1.807, 2.05) is 0 Å². The quantitative estimate of drug-likeness (QED) is 0.464. The highest BCUT2D eigenvalue weighted by atomic mass is 16.5. The first-order valence-corrected chi connectivity index (χ1v) is 3.32. The number of carbonyl (C=O) groups is 1. The second-order valence-electron chi connectivity index (χ2n) is 1.90. The third kappa shape index (κ3) is 5.42. The third-order valence-corrected chi connectivity index (χ3v) is 0.901. The fourth-order valence-corrected chi connectivity index (χ4v) is 0.544. The lowest BCUT2D eigenvalue weighted by molar-refractivity contribution is -0.137. The van der Waals surface area contributed by atoms with Gasteiger partial charge in [0.15, 0.2) is 0 Å². The molecule has 0 aromatic heterocycles. The highest BCUT2D eigenvalue weighted by Gasteiger charge is 1.96. The standard InChI is InChI=1S/C7H13NO3/c1-3-11-7(9)4-6(8)5-10-2/h4H,3,5,8H2,1-2H3/b6-4-. The van der Waals surface area contributed by atoms with Gasteiger partial charge in [0.25, 0.3) is 0 Å². The van der Waals surface area contributed by atoms with Crippen LogP contribution in [0.15, 0.2) is 11.8 Å². The maximum absolute atomic E-state index is 10.7. The Labute approximate surface area is 66.0 Å². The predicted octanol–water partition coefficient (Wildman–Crippen LogP) is 0.0385. The summed E-state index contributed by atoms with van der Waals surface area (Å²) >= 11 is 0. The summed E-state index contributed by atoms with van der Waals surface area (Å²) in [6.07, 6.45) is 1.22. The van der Waals surface area contributed by atoms with Crippen LogP contribution in [-0.4, -0.2) is 26.3 Å². The molecular formula is C7H13NO3. The summed E-state index contributed by atoms with van der Waals surface area (Å²) in [5.74, 6) is -0.429. The molecule has 0 saturated carbocycles. The molecule has 0 aliphatic rings. The first-order valence-electron chi connectivity index (χ1n) is 3.32. The smallest absolute Gasteiger partial charge is 0.332 e. The van der Waals surface area contributed by atoms with Crippen molar-refractivity contribution in [2.24, 2.45) is 5.73 Å². The summed E-state index contributed by atoms with van der Waals surface area (Å²) in [6.45, 7) is 2.34. The van der Waals surface area contributed by atoms with Crippen molar-refractivity contribution in [3.05, 3.63) is 11.8 Å². The van der Waals surface area contributed by atoms with Crippen LogP contribution in [0.25, 0.3) is 0 Å². The van der Waals surface area contributed by atoms with E-state index in [0.29, 0.717) is 12.3 Å². The lowest BCUT2D eigenvalue weighted by Crippen LogP contribution is -2.09. The summed E-state index contributed by atoms with van der Waals surface area (Å²) in [5.41, 5.74) is 5.72. The number of hydrogen-bond acceptors (Lipinski definition) is 4. The summed E-state index contributed by atoms with van der Waals surface area (Å²) < 4.78 is 9.29. The van der Waals surface area contributed by atoms with Gasteiger partial charge in [0.2, 0.25) is 0 Å². The Hall–Kier alpha value is -1.03. The monoisotopic (exact) mass is 159 g/mol. The molecule has 0 aromatic rings. The molecule has 4 nitrogen and oxygen atoms in total. The molecule has 0 unspecified atom stereocenters. The Morgan fingerprint density at radius 2 is 2.27 bits per heavy atom. The Morgan fingerprint density at radius 1 is 1.64 bits per heavy atom. The number of carbonyl (C=O) groups excluding carboxylic acids is 1. The first kappa shape index (κ1) is 9.97. The van der Waals surface area contributed by atoms with Gasteiger partial charge in [-0.2, -0.15) is 0 Å². The fourth-order valence-electron chi connectivity index (χ4n) is 0.544. The normalized spacial score (nSPS) is 11.3. The van der Waals surface area contributed by atoms with E-state index < -0.39 is 5.97 Å². The molecule has 0 saturated heterocycles. The van der Waals surface area contributed by atoms with E-state index in [1.165, 1.54) is 13.2 Å². The van der Waals surface area contributed by atoms with Crippen LogP contribution in [0.1, 0.15) is 6.92 Å². The van der Waals surface area contributed by atoms with Gasteiger partial charge in [-0.1, -0.05) is 0 Å². The summed E-state index contributed by atoms with van der Waals surface area (Å²) in [5, 5.41) is 0. The second-order valence-corrected chi connectivity index (χ2v) is 1.90. The van der Waals surface area contributed by atoms with Gasteiger partial charge in [-0.05, 0) is 6.92 Å². The van der Waals surface area contributed by atoms with Crippen molar-refractivity contribution in [3.63, 3.8) is 0 Å². The molecule has 0 spiro atoms. The Balaban J connectivity index is 3.76. The zero-order valence-corrected chi connectivity index (χ0v) is 6.79. The molecule has 0 heterocycles. The number of rotatable bonds is 4. The van der Waals surface area contributed by atoms with E-state index in [4.69, 9.17) is 5.73 Å². The minimum atomic E-state index is -0.429. The van der Waals surface area contributed by atoms with Crippen molar-refractivity contribution < 1.29 is 14.3 Å². The number of ether oxygens (including phenoxy) is 2. The molecule has 0 aromatic carbocycles. The molecule has 0 atom stereocenters. The van der Waals surface area contributed by atoms with Gasteiger partial charge in [0.05, 0.1) is 13.2 Å². The highest BCUT2D eigenvalue weighted by molar-refractivity contribution is 5.82. The maximum Gasteiger partial charge on any atom is 0.332 e. The number of nitrogens with two attached hydrogens (primary N) is 1. The van der Waals surface area contributed by atoms with Crippen LogP contribution in [0.5, 0.6) is 0 Å². The van der Waals surface area contributed by atoms with E-state index >= 15 is 0 Å². The van der Waals surface area contributed by atoms with Crippen LogP contribution < -0.4 is 5.73 Å². The lowest BCUT2D eigenvalue weighted by Gasteiger charge is -1.98. The van der Waals surface area contributed by atoms with Crippen molar-refractivity contribution in [1.82, 2.24) is 0 Å². The number of hydrogen-bond donors (Lipinski definition) is 1. The maximum atomic E-state index is 10.7. The summed E-state index contributed by atoms with van der Waals surface area (Å²) in [7, 11) is 1.51. The molecule has 0 aliphatic heterocycles. The van der Waals surface area contributed by atoms with Crippen LogP contribution in [0.4, 0.5) is 0 Å². The van der Waals surface area contributed by atoms with E-state index in [9.17, 15) is 4.79 Å². The molecule has 0 aliphatic carbocycles. The number of methoxy groups -OCH3 is 1. The van der Waals surface area contributed by atoms with Crippen LogP contribution in [0.3, 0.4) is 0 Å². The van der Waals surface area contributed by atoms with Crippen LogP contribution in [-0.2, 0) is 14.3 Å². The van der Waals surface area contributed by atoms with Gasteiger partial charge in [-0.25, -0.2) is 4.79 Å². The van der Waals surface area contributed by atoms with Crippen molar-refractivity contribution in [2.45, 2.75) is 6.92 Å². The molecular weight excluding hydrogens is 146 g/mol. The largest absolute Gasteiger partial charge is 0.463 e. The van der Waals surface area contributed by atoms with E-state index in [-0.39, 0.29) is 6.61 Å². The Bertz CT molecular complexity index is 154. The first-order chi connectivity index (χ1) is 5.20. The molecule has 0 bridgehead atoms. The van der Waals surface area contributed by atoms with Crippen LogP contribution in [0.2, 0.25) is 0 Å². The van der Waals surface area contributed by atoms with Gasteiger partial charge < -0.3 is 15.2 Å². The molecule has 0 fully saturated rings. The van der Waals surface area contributed by atoms with Gasteiger partial charge in [-0.15, -0.1) is 0 Å². The molecule has 0 rings (SSSR count). The van der Waals surface area contributed by atoms with Gasteiger partial charge in [0.1, 0.15) is 0 Å². The minimum Gasteiger partial charge on any atom is -0.463 e.